The summed E-state index contributed by atoms with van der Waals surface area (Å²) in [6, 6.07) is 5.96. The third-order valence-corrected chi connectivity index (χ3v) is 2.39. The third kappa shape index (κ3) is 3.68. The molecule has 2 N–H and O–H groups in total. The minimum absolute atomic E-state index is 0.545. The minimum atomic E-state index is 0.545. The Morgan fingerprint density at radius 1 is 1.36 bits per heavy atom. The number of halogens is 1. The fraction of sp³-hybridized carbons (Fsp3) is 0.455. The average molecular weight is 258 g/mol. The first kappa shape index (κ1) is 11.5. The molecule has 0 heterocycles. The molecule has 0 radical (unpaired) electrons. The molecule has 0 spiro atoms. The van der Waals surface area contributed by atoms with Gasteiger partial charge in [-0.25, -0.2) is 0 Å². The lowest BCUT2D eigenvalue weighted by atomic mass is 10.2. The van der Waals surface area contributed by atoms with Crippen LogP contribution in [0.4, 0.5) is 0 Å². The molecule has 14 heavy (non-hydrogen) atoms. The first-order valence-corrected chi connectivity index (χ1v) is 5.68. The summed E-state index contributed by atoms with van der Waals surface area (Å²) >= 11 is 3.43. The van der Waals surface area contributed by atoms with Crippen LogP contribution in [-0.4, -0.2) is 6.61 Å². The van der Waals surface area contributed by atoms with Gasteiger partial charge in [0.05, 0.1) is 6.61 Å². The quantitative estimate of drug-likeness (QED) is 0.824. The van der Waals surface area contributed by atoms with Crippen LogP contribution < -0.4 is 10.5 Å². The van der Waals surface area contributed by atoms with Crippen LogP contribution in [0.25, 0.3) is 0 Å². The molecule has 2 nitrogen and oxygen atoms in total. The minimum Gasteiger partial charge on any atom is -0.494 e. The molecule has 1 rings (SSSR count). The van der Waals surface area contributed by atoms with Gasteiger partial charge in [-0.05, 0) is 30.2 Å². The average Bonchev–Trinajstić information content (AvgIpc) is 2.17. The van der Waals surface area contributed by atoms with E-state index in [2.05, 4.69) is 22.9 Å². The Balaban J connectivity index is 2.62. The first-order valence-electron chi connectivity index (χ1n) is 4.88. The second-order valence-corrected chi connectivity index (χ2v) is 4.12. The summed E-state index contributed by atoms with van der Waals surface area (Å²) in [5, 5.41) is 0. The second kappa shape index (κ2) is 6.04. The number of ether oxygens (including phenoxy) is 1. The van der Waals surface area contributed by atoms with Gasteiger partial charge in [0.2, 0.25) is 0 Å². The molecular formula is C11H16BrNO. The maximum absolute atomic E-state index is 5.58. The SMILES string of the molecule is CCCCOc1cc(Br)cc(CN)c1. The van der Waals surface area contributed by atoms with Gasteiger partial charge >= 0.3 is 0 Å². The summed E-state index contributed by atoms with van der Waals surface area (Å²) < 4.78 is 6.60. The molecule has 3 heteroatoms. The van der Waals surface area contributed by atoms with Crippen molar-refractivity contribution in [1.29, 1.82) is 0 Å². The summed E-state index contributed by atoms with van der Waals surface area (Å²) in [4.78, 5) is 0. The Hall–Kier alpha value is -0.540. The van der Waals surface area contributed by atoms with Crippen LogP contribution in [0.3, 0.4) is 0 Å². The summed E-state index contributed by atoms with van der Waals surface area (Å²) in [6.07, 6.45) is 2.24. The zero-order chi connectivity index (χ0) is 10.4. The van der Waals surface area contributed by atoms with E-state index in [9.17, 15) is 0 Å². The Labute approximate surface area is 93.6 Å². The number of rotatable bonds is 5. The van der Waals surface area contributed by atoms with Gasteiger partial charge < -0.3 is 10.5 Å². The van der Waals surface area contributed by atoms with Crippen molar-refractivity contribution in [1.82, 2.24) is 0 Å². The Bertz CT molecular complexity index is 289. The molecule has 0 aliphatic carbocycles. The second-order valence-electron chi connectivity index (χ2n) is 3.20. The van der Waals surface area contributed by atoms with Crippen molar-refractivity contribution >= 4 is 15.9 Å². The molecule has 0 saturated carbocycles. The fourth-order valence-corrected chi connectivity index (χ4v) is 1.68. The summed E-state index contributed by atoms with van der Waals surface area (Å²) in [6.45, 7) is 3.47. The Kier molecular flexibility index (Phi) is 4.98. The molecule has 0 saturated heterocycles. The molecule has 0 amide bonds. The van der Waals surface area contributed by atoms with Crippen LogP contribution in [0.2, 0.25) is 0 Å². The van der Waals surface area contributed by atoms with Crippen molar-refractivity contribution in [3.8, 4) is 5.75 Å². The third-order valence-electron chi connectivity index (χ3n) is 1.93. The Morgan fingerprint density at radius 2 is 2.14 bits per heavy atom. The van der Waals surface area contributed by atoms with Crippen LogP contribution >= 0.6 is 15.9 Å². The van der Waals surface area contributed by atoms with E-state index in [0.717, 1.165) is 35.2 Å². The van der Waals surface area contributed by atoms with Crippen molar-refractivity contribution < 1.29 is 4.74 Å². The van der Waals surface area contributed by atoms with E-state index in [4.69, 9.17) is 10.5 Å². The zero-order valence-corrected chi connectivity index (χ0v) is 10.0. The van der Waals surface area contributed by atoms with Gasteiger partial charge in [-0.2, -0.15) is 0 Å². The fourth-order valence-electron chi connectivity index (χ4n) is 1.16. The zero-order valence-electron chi connectivity index (χ0n) is 8.42. The maximum atomic E-state index is 5.58. The molecule has 0 aliphatic heterocycles. The van der Waals surface area contributed by atoms with Crippen molar-refractivity contribution in [2.24, 2.45) is 5.73 Å². The molecule has 0 bridgehead atoms. The van der Waals surface area contributed by atoms with E-state index in [1.165, 1.54) is 0 Å². The van der Waals surface area contributed by atoms with Crippen molar-refractivity contribution in [2.75, 3.05) is 6.61 Å². The van der Waals surface area contributed by atoms with Crippen LogP contribution in [0.1, 0.15) is 25.3 Å². The largest absolute Gasteiger partial charge is 0.494 e. The number of benzene rings is 1. The number of hydrogen-bond acceptors (Lipinski definition) is 2. The molecular weight excluding hydrogens is 242 g/mol. The van der Waals surface area contributed by atoms with Crippen LogP contribution in [0.5, 0.6) is 5.75 Å². The molecule has 78 valence electrons. The molecule has 0 aromatic heterocycles. The van der Waals surface area contributed by atoms with Gasteiger partial charge in [0.15, 0.2) is 0 Å². The van der Waals surface area contributed by atoms with Gasteiger partial charge in [0, 0.05) is 11.0 Å². The van der Waals surface area contributed by atoms with Crippen molar-refractivity contribution in [2.45, 2.75) is 26.3 Å². The Morgan fingerprint density at radius 3 is 2.79 bits per heavy atom. The molecule has 1 aromatic carbocycles. The maximum Gasteiger partial charge on any atom is 0.120 e. The lowest BCUT2D eigenvalue weighted by molar-refractivity contribution is 0.309. The van der Waals surface area contributed by atoms with Crippen LogP contribution in [-0.2, 0) is 6.54 Å². The standard InChI is InChI=1S/C11H16BrNO/c1-2-3-4-14-11-6-9(8-13)5-10(12)7-11/h5-7H,2-4,8,13H2,1H3. The van der Waals surface area contributed by atoms with E-state index in [1.807, 2.05) is 18.2 Å². The summed E-state index contributed by atoms with van der Waals surface area (Å²) in [5.41, 5.74) is 6.65. The van der Waals surface area contributed by atoms with Gasteiger partial charge in [0.25, 0.3) is 0 Å². The van der Waals surface area contributed by atoms with Gasteiger partial charge in [0.1, 0.15) is 5.75 Å². The number of unbranched alkanes of at least 4 members (excludes halogenated alkanes) is 1. The van der Waals surface area contributed by atoms with E-state index >= 15 is 0 Å². The van der Waals surface area contributed by atoms with Gasteiger partial charge in [-0.15, -0.1) is 0 Å². The number of hydrogen-bond donors (Lipinski definition) is 1. The van der Waals surface area contributed by atoms with E-state index in [1.54, 1.807) is 0 Å². The molecule has 0 fully saturated rings. The van der Waals surface area contributed by atoms with E-state index in [-0.39, 0.29) is 0 Å². The predicted octanol–water partition coefficient (Wildman–Crippen LogP) is 3.09. The summed E-state index contributed by atoms with van der Waals surface area (Å²) in [5.74, 6) is 0.897. The highest BCUT2D eigenvalue weighted by Gasteiger charge is 1.98. The molecule has 1 aromatic rings. The molecule has 0 aliphatic rings. The monoisotopic (exact) mass is 257 g/mol. The van der Waals surface area contributed by atoms with Crippen molar-refractivity contribution in [3.63, 3.8) is 0 Å². The van der Waals surface area contributed by atoms with Gasteiger partial charge in [-0.1, -0.05) is 29.3 Å². The highest BCUT2D eigenvalue weighted by Crippen LogP contribution is 2.21. The normalized spacial score (nSPS) is 10.2. The number of nitrogens with two attached hydrogens (primary N) is 1. The van der Waals surface area contributed by atoms with Gasteiger partial charge in [-0.3, -0.25) is 0 Å². The van der Waals surface area contributed by atoms with Crippen molar-refractivity contribution in [3.05, 3.63) is 28.2 Å². The molecule has 0 atom stereocenters. The summed E-state index contributed by atoms with van der Waals surface area (Å²) in [7, 11) is 0. The topological polar surface area (TPSA) is 35.2 Å². The molecule has 0 unspecified atom stereocenters. The van der Waals surface area contributed by atoms with E-state index < -0.39 is 0 Å². The highest BCUT2D eigenvalue weighted by molar-refractivity contribution is 9.10. The smallest absolute Gasteiger partial charge is 0.120 e. The van der Waals surface area contributed by atoms with E-state index in [0.29, 0.717) is 6.54 Å². The van der Waals surface area contributed by atoms with Crippen LogP contribution in [0.15, 0.2) is 22.7 Å². The van der Waals surface area contributed by atoms with Crippen LogP contribution in [0, 0.1) is 0 Å². The first-order chi connectivity index (χ1) is 6.76. The lowest BCUT2D eigenvalue weighted by Gasteiger charge is -2.07. The predicted molar refractivity (Wildman–Crippen MR) is 62.4 cm³/mol. The lowest BCUT2D eigenvalue weighted by Crippen LogP contribution is -2.00. The highest BCUT2D eigenvalue weighted by atomic mass is 79.9.